The fourth-order valence-corrected chi connectivity index (χ4v) is 4.12. The molecule has 4 heteroatoms. The summed E-state index contributed by atoms with van der Waals surface area (Å²) >= 11 is 1.72. The molecule has 0 atom stereocenters. The molecule has 2 aromatic rings. The molecule has 3 rings (SSSR count). The van der Waals surface area contributed by atoms with Crippen molar-refractivity contribution < 1.29 is 0 Å². The molecule has 0 amide bonds. The molecule has 0 bridgehead atoms. The van der Waals surface area contributed by atoms with Gasteiger partial charge in [0.05, 0.1) is 5.39 Å². The highest BCUT2D eigenvalue weighted by atomic mass is 32.1. The second-order valence-corrected chi connectivity index (χ2v) is 6.10. The highest BCUT2D eigenvalue weighted by Gasteiger charge is 2.22. The van der Waals surface area contributed by atoms with Crippen molar-refractivity contribution in [3.63, 3.8) is 0 Å². The Morgan fingerprint density at radius 1 is 1.47 bits per heavy atom. The van der Waals surface area contributed by atoms with Crippen molar-refractivity contribution in [3.05, 3.63) is 39.3 Å². The molecule has 0 unspecified atom stereocenters. The first-order valence-corrected chi connectivity index (χ1v) is 7.72. The summed E-state index contributed by atoms with van der Waals surface area (Å²) in [6, 6.07) is 0. The molecule has 1 aliphatic carbocycles. The zero-order valence-electron chi connectivity index (χ0n) is 11.2. The normalized spacial score (nSPS) is 13.9. The molecular formula is C15H18N2OS. The van der Waals surface area contributed by atoms with Crippen LogP contribution in [0.15, 0.2) is 17.4 Å². The Morgan fingerprint density at radius 2 is 2.32 bits per heavy atom. The van der Waals surface area contributed by atoms with Crippen LogP contribution in [0.4, 0.5) is 0 Å². The Kier molecular flexibility index (Phi) is 3.27. The molecule has 0 N–H and O–H groups in total. The smallest absolute Gasteiger partial charge is 0.262 e. The van der Waals surface area contributed by atoms with Gasteiger partial charge in [-0.15, -0.1) is 17.9 Å². The monoisotopic (exact) mass is 274 g/mol. The summed E-state index contributed by atoms with van der Waals surface area (Å²) in [6.45, 7) is 6.42. The highest BCUT2D eigenvalue weighted by molar-refractivity contribution is 7.18. The van der Waals surface area contributed by atoms with E-state index in [-0.39, 0.29) is 5.56 Å². The molecule has 0 radical (unpaired) electrons. The maximum absolute atomic E-state index is 12.7. The topological polar surface area (TPSA) is 34.9 Å². The first kappa shape index (κ1) is 12.6. The number of allylic oxidation sites excluding steroid dienone is 1. The molecule has 2 heterocycles. The number of aromatic nitrogens is 2. The SMILES string of the molecule is C=CCn1c(CCC)nc2sc3c(c2c1=O)CCC3. The summed E-state index contributed by atoms with van der Waals surface area (Å²) < 4.78 is 1.80. The van der Waals surface area contributed by atoms with Crippen molar-refractivity contribution in [2.24, 2.45) is 0 Å². The van der Waals surface area contributed by atoms with Gasteiger partial charge in [0.1, 0.15) is 10.7 Å². The fourth-order valence-electron chi connectivity index (χ4n) is 2.85. The molecule has 0 fully saturated rings. The van der Waals surface area contributed by atoms with E-state index in [9.17, 15) is 4.79 Å². The van der Waals surface area contributed by atoms with E-state index < -0.39 is 0 Å². The van der Waals surface area contributed by atoms with Gasteiger partial charge < -0.3 is 0 Å². The molecule has 1 aliphatic rings. The van der Waals surface area contributed by atoms with Crippen LogP contribution in [0.25, 0.3) is 10.2 Å². The van der Waals surface area contributed by atoms with Gasteiger partial charge in [0.2, 0.25) is 0 Å². The van der Waals surface area contributed by atoms with Gasteiger partial charge in [-0.3, -0.25) is 9.36 Å². The first-order chi connectivity index (χ1) is 9.26. The molecule has 0 saturated carbocycles. The van der Waals surface area contributed by atoms with Crippen LogP contribution >= 0.6 is 11.3 Å². The lowest BCUT2D eigenvalue weighted by atomic mass is 10.2. The summed E-state index contributed by atoms with van der Waals surface area (Å²) in [5.41, 5.74) is 1.39. The number of nitrogens with zero attached hydrogens (tertiary/aromatic N) is 2. The molecule has 19 heavy (non-hydrogen) atoms. The predicted octanol–water partition coefficient (Wildman–Crippen LogP) is 3.09. The average Bonchev–Trinajstić information content (AvgIpc) is 2.94. The van der Waals surface area contributed by atoms with Gasteiger partial charge in [0, 0.05) is 17.8 Å². The number of thiophene rings is 1. The van der Waals surface area contributed by atoms with Crippen LogP contribution < -0.4 is 5.56 Å². The Hall–Kier alpha value is -1.42. The Morgan fingerprint density at radius 3 is 3.05 bits per heavy atom. The summed E-state index contributed by atoms with van der Waals surface area (Å²) in [6.07, 6.45) is 6.95. The van der Waals surface area contributed by atoms with Crippen molar-refractivity contribution in [2.75, 3.05) is 0 Å². The lowest BCUT2D eigenvalue weighted by Crippen LogP contribution is -2.25. The molecule has 0 aliphatic heterocycles. The zero-order valence-corrected chi connectivity index (χ0v) is 12.1. The Bertz CT molecular complexity index is 696. The predicted molar refractivity (Wildman–Crippen MR) is 80.1 cm³/mol. The standard InChI is InChI=1S/C15H18N2OS/c1-3-6-12-16-14-13(15(18)17(12)9-4-2)10-7-5-8-11(10)19-14/h4H,2-3,5-9H2,1H3. The summed E-state index contributed by atoms with van der Waals surface area (Å²) in [4.78, 5) is 19.8. The van der Waals surface area contributed by atoms with Gasteiger partial charge in [-0.2, -0.15) is 0 Å². The number of hydrogen-bond donors (Lipinski definition) is 0. The van der Waals surface area contributed by atoms with E-state index in [4.69, 9.17) is 4.98 Å². The molecule has 0 aromatic carbocycles. The van der Waals surface area contributed by atoms with E-state index in [1.54, 1.807) is 22.0 Å². The van der Waals surface area contributed by atoms with E-state index >= 15 is 0 Å². The Balaban J connectivity index is 2.30. The van der Waals surface area contributed by atoms with Crippen LogP contribution in [0.3, 0.4) is 0 Å². The summed E-state index contributed by atoms with van der Waals surface area (Å²) in [5, 5.41) is 0.874. The van der Waals surface area contributed by atoms with E-state index in [1.807, 2.05) is 0 Å². The van der Waals surface area contributed by atoms with Gasteiger partial charge in [-0.25, -0.2) is 4.98 Å². The van der Waals surface area contributed by atoms with Crippen molar-refractivity contribution in [3.8, 4) is 0 Å². The van der Waals surface area contributed by atoms with Crippen molar-refractivity contribution >= 4 is 21.6 Å². The lowest BCUT2D eigenvalue weighted by molar-refractivity contribution is 0.677. The van der Waals surface area contributed by atoms with Crippen LogP contribution in [-0.4, -0.2) is 9.55 Å². The lowest BCUT2D eigenvalue weighted by Gasteiger charge is -2.10. The molecule has 100 valence electrons. The van der Waals surface area contributed by atoms with E-state index in [0.29, 0.717) is 6.54 Å². The quantitative estimate of drug-likeness (QED) is 0.803. The minimum atomic E-state index is 0.132. The third kappa shape index (κ3) is 1.94. The van der Waals surface area contributed by atoms with Gasteiger partial charge in [0.25, 0.3) is 5.56 Å². The van der Waals surface area contributed by atoms with Gasteiger partial charge >= 0.3 is 0 Å². The summed E-state index contributed by atoms with van der Waals surface area (Å²) in [5.74, 6) is 0.903. The molecule has 2 aromatic heterocycles. The van der Waals surface area contributed by atoms with Crippen molar-refractivity contribution in [1.82, 2.24) is 9.55 Å². The second-order valence-electron chi connectivity index (χ2n) is 5.02. The zero-order chi connectivity index (χ0) is 13.4. The third-order valence-electron chi connectivity index (χ3n) is 3.69. The Labute approximate surface area is 116 Å². The third-order valence-corrected chi connectivity index (χ3v) is 4.87. The van der Waals surface area contributed by atoms with Crippen LogP contribution in [0, 0.1) is 0 Å². The molecule has 3 nitrogen and oxygen atoms in total. The van der Waals surface area contributed by atoms with Gasteiger partial charge in [-0.05, 0) is 31.2 Å². The molecular weight excluding hydrogens is 256 g/mol. The fraction of sp³-hybridized carbons (Fsp3) is 0.467. The molecule has 0 spiro atoms. The van der Waals surface area contributed by atoms with Gasteiger partial charge in [-0.1, -0.05) is 13.0 Å². The van der Waals surface area contributed by atoms with Crippen molar-refractivity contribution in [1.29, 1.82) is 0 Å². The van der Waals surface area contributed by atoms with Crippen molar-refractivity contribution in [2.45, 2.75) is 45.6 Å². The minimum Gasteiger partial charge on any atom is -0.292 e. The maximum Gasteiger partial charge on any atom is 0.262 e. The number of rotatable bonds is 4. The van der Waals surface area contributed by atoms with E-state index in [2.05, 4.69) is 13.5 Å². The number of fused-ring (bicyclic) bond motifs is 3. The van der Waals surface area contributed by atoms with E-state index in [1.165, 1.54) is 16.9 Å². The number of aryl methyl sites for hydroxylation is 3. The second kappa shape index (κ2) is 4.93. The maximum atomic E-state index is 12.7. The van der Waals surface area contributed by atoms with Crippen LogP contribution in [0.5, 0.6) is 0 Å². The largest absolute Gasteiger partial charge is 0.292 e. The summed E-state index contributed by atoms with van der Waals surface area (Å²) in [7, 11) is 0. The highest BCUT2D eigenvalue weighted by Crippen LogP contribution is 2.34. The first-order valence-electron chi connectivity index (χ1n) is 6.91. The van der Waals surface area contributed by atoms with Crippen LogP contribution in [-0.2, 0) is 25.8 Å². The number of hydrogen-bond acceptors (Lipinski definition) is 3. The van der Waals surface area contributed by atoms with Crippen LogP contribution in [0.2, 0.25) is 0 Å². The molecule has 0 saturated heterocycles. The van der Waals surface area contributed by atoms with Crippen LogP contribution in [0.1, 0.15) is 36.0 Å². The minimum absolute atomic E-state index is 0.132. The van der Waals surface area contributed by atoms with E-state index in [0.717, 1.165) is 41.7 Å². The van der Waals surface area contributed by atoms with Gasteiger partial charge in [0.15, 0.2) is 0 Å². The average molecular weight is 274 g/mol.